The molecule has 0 fully saturated rings. The van der Waals surface area contributed by atoms with Gasteiger partial charge < -0.3 is 4.74 Å². The van der Waals surface area contributed by atoms with E-state index >= 15 is 0 Å². The van der Waals surface area contributed by atoms with E-state index in [9.17, 15) is 18.5 Å². The van der Waals surface area contributed by atoms with Crippen molar-refractivity contribution in [3.63, 3.8) is 0 Å². The van der Waals surface area contributed by atoms with E-state index in [-0.39, 0.29) is 29.9 Å². The predicted octanol–water partition coefficient (Wildman–Crippen LogP) is 2.30. The van der Waals surface area contributed by atoms with Crippen LogP contribution in [-0.2, 0) is 10.0 Å². The van der Waals surface area contributed by atoms with Crippen molar-refractivity contribution in [3.8, 4) is 5.75 Å². The third kappa shape index (κ3) is 6.40. The molecule has 0 aromatic heterocycles. The fraction of sp³-hybridized carbons (Fsp3) is 0.500. The molecular formula is C12H17BrN2O5S. The number of hydrogen-bond acceptors (Lipinski definition) is 5. The van der Waals surface area contributed by atoms with Crippen molar-refractivity contribution in [1.82, 2.24) is 0 Å². The summed E-state index contributed by atoms with van der Waals surface area (Å²) in [5.41, 5.74) is -0.105. The number of nitrogens with zero attached hydrogens (tertiary/aromatic N) is 1. The van der Waals surface area contributed by atoms with Crippen molar-refractivity contribution in [2.75, 3.05) is 12.4 Å². The first-order chi connectivity index (χ1) is 9.58. The van der Waals surface area contributed by atoms with E-state index in [1.54, 1.807) is 6.07 Å². The van der Waals surface area contributed by atoms with Crippen molar-refractivity contribution >= 4 is 31.6 Å². The Morgan fingerprint density at radius 3 is 2.48 bits per heavy atom. The number of ether oxygens (including phenoxy) is 1. The number of rotatable bonds is 7. The molecule has 1 rings (SSSR count). The van der Waals surface area contributed by atoms with E-state index in [2.05, 4.69) is 15.9 Å². The number of hydrogen-bond donors (Lipinski definition) is 1. The predicted molar refractivity (Wildman–Crippen MR) is 82.6 cm³/mol. The Balaban J connectivity index is 2.83. The molecule has 0 saturated heterocycles. The highest BCUT2D eigenvalue weighted by atomic mass is 79.9. The number of halogens is 1. The van der Waals surface area contributed by atoms with Gasteiger partial charge in [0.05, 0.1) is 23.3 Å². The number of non-ortho nitro benzene ring substituents is 1. The molecule has 0 amide bonds. The lowest BCUT2D eigenvalue weighted by molar-refractivity contribution is -0.385. The zero-order chi connectivity index (χ0) is 16.2. The summed E-state index contributed by atoms with van der Waals surface area (Å²) in [6.07, 6.45) is 0. The van der Waals surface area contributed by atoms with Gasteiger partial charge in [-0.2, -0.15) is 0 Å². The van der Waals surface area contributed by atoms with Gasteiger partial charge in [-0.15, -0.1) is 0 Å². The van der Waals surface area contributed by atoms with Crippen LogP contribution in [0.25, 0.3) is 0 Å². The highest BCUT2D eigenvalue weighted by Gasteiger charge is 2.21. The summed E-state index contributed by atoms with van der Waals surface area (Å²) in [6.45, 7) is 3.84. The molecule has 9 heteroatoms. The van der Waals surface area contributed by atoms with Crippen LogP contribution in [0.4, 0.5) is 5.69 Å². The van der Waals surface area contributed by atoms with Crippen LogP contribution in [0.2, 0.25) is 0 Å². The molecular weight excluding hydrogens is 364 g/mol. The first-order valence-corrected chi connectivity index (χ1v) is 8.67. The van der Waals surface area contributed by atoms with E-state index in [1.165, 1.54) is 12.1 Å². The number of nitrogens with two attached hydrogens (primary N) is 1. The Labute approximate surface area is 131 Å². The normalized spacial score (nSPS) is 13.2. The molecule has 1 atom stereocenters. The van der Waals surface area contributed by atoms with Gasteiger partial charge in [0.2, 0.25) is 10.0 Å². The van der Waals surface area contributed by atoms with Crippen molar-refractivity contribution in [1.29, 1.82) is 0 Å². The lowest BCUT2D eigenvalue weighted by Crippen LogP contribution is -2.30. The van der Waals surface area contributed by atoms with Gasteiger partial charge in [-0.05, 0) is 12.0 Å². The smallest absolute Gasteiger partial charge is 0.274 e. The van der Waals surface area contributed by atoms with Gasteiger partial charge in [-0.3, -0.25) is 10.1 Å². The summed E-state index contributed by atoms with van der Waals surface area (Å²) < 4.78 is 28.4. The van der Waals surface area contributed by atoms with E-state index in [0.717, 1.165) is 0 Å². The van der Waals surface area contributed by atoms with E-state index in [0.29, 0.717) is 10.2 Å². The van der Waals surface area contributed by atoms with Crippen LogP contribution >= 0.6 is 15.9 Å². The molecule has 0 saturated carbocycles. The average Bonchev–Trinajstić information content (AvgIpc) is 2.32. The molecule has 1 aromatic rings. The molecule has 7 nitrogen and oxygen atoms in total. The summed E-state index contributed by atoms with van der Waals surface area (Å²) in [6, 6.07) is 4.23. The Kier molecular flexibility index (Phi) is 6.11. The summed E-state index contributed by atoms with van der Waals surface area (Å²) >= 11 is 3.17. The zero-order valence-electron chi connectivity index (χ0n) is 11.7. The van der Waals surface area contributed by atoms with Crippen molar-refractivity contribution in [2.45, 2.75) is 13.8 Å². The fourth-order valence-electron chi connectivity index (χ4n) is 1.67. The number of nitro groups is 1. The van der Waals surface area contributed by atoms with E-state index < -0.39 is 14.9 Å². The molecule has 0 aliphatic carbocycles. The maximum atomic E-state index is 11.2. The van der Waals surface area contributed by atoms with Gasteiger partial charge in [-0.25, -0.2) is 13.6 Å². The first-order valence-electron chi connectivity index (χ1n) is 6.16. The first kappa shape index (κ1) is 17.9. The van der Waals surface area contributed by atoms with Crippen molar-refractivity contribution < 1.29 is 18.1 Å². The summed E-state index contributed by atoms with van der Waals surface area (Å²) in [5.74, 6) is -0.138. The SMILES string of the molecule is CC(C)C(COc1cc(Br)cc([N+](=O)[O-])c1)CS(N)(=O)=O. The van der Waals surface area contributed by atoms with Gasteiger partial charge in [0.1, 0.15) is 5.75 Å². The standard InChI is InChI=1S/C12H17BrN2O5S/c1-8(2)9(7-21(14,18)19)6-20-12-4-10(13)3-11(5-12)15(16)17/h3-5,8-9H,6-7H2,1-2H3,(H2,14,18,19). The van der Waals surface area contributed by atoms with Crippen LogP contribution in [-0.4, -0.2) is 25.7 Å². The molecule has 0 aliphatic rings. The van der Waals surface area contributed by atoms with Crippen LogP contribution in [0, 0.1) is 22.0 Å². The number of benzene rings is 1. The minimum absolute atomic E-state index is 0.0467. The second kappa shape index (κ2) is 7.19. The molecule has 0 aliphatic heterocycles. The molecule has 21 heavy (non-hydrogen) atoms. The molecule has 118 valence electrons. The largest absolute Gasteiger partial charge is 0.493 e. The zero-order valence-corrected chi connectivity index (χ0v) is 14.1. The third-order valence-corrected chi connectivity index (χ3v) is 4.27. The van der Waals surface area contributed by atoms with Gasteiger partial charge in [0.25, 0.3) is 5.69 Å². The molecule has 1 aromatic carbocycles. The van der Waals surface area contributed by atoms with E-state index in [4.69, 9.17) is 9.88 Å². The minimum Gasteiger partial charge on any atom is -0.493 e. The Morgan fingerprint density at radius 1 is 1.38 bits per heavy atom. The van der Waals surface area contributed by atoms with Crippen LogP contribution < -0.4 is 9.88 Å². The molecule has 0 heterocycles. The van der Waals surface area contributed by atoms with Gasteiger partial charge in [0.15, 0.2) is 0 Å². The van der Waals surface area contributed by atoms with E-state index in [1.807, 2.05) is 13.8 Å². The minimum atomic E-state index is -3.60. The maximum Gasteiger partial charge on any atom is 0.274 e. The van der Waals surface area contributed by atoms with Crippen LogP contribution in [0.3, 0.4) is 0 Å². The molecule has 0 spiro atoms. The average molecular weight is 381 g/mol. The second-order valence-corrected chi connectivity index (χ2v) is 7.62. The monoisotopic (exact) mass is 380 g/mol. The van der Waals surface area contributed by atoms with Crippen molar-refractivity contribution in [2.24, 2.45) is 17.0 Å². The molecule has 2 N–H and O–H groups in total. The highest BCUT2D eigenvalue weighted by molar-refractivity contribution is 9.10. The molecule has 0 radical (unpaired) electrons. The fourth-order valence-corrected chi connectivity index (χ4v) is 3.21. The van der Waals surface area contributed by atoms with Gasteiger partial charge in [-0.1, -0.05) is 29.8 Å². The van der Waals surface area contributed by atoms with Crippen LogP contribution in [0.1, 0.15) is 13.8 Å². The Bertz CT molecular complexity index is 618. The van der Waals surface area contributed by atoms with Crippen LogP contribution in [0.15, 0.2) is 22.7 Å². The van der Waals surface area contributed by atoms with Gasteiger partial charge >= 0.3 is 0 Å². The number of nitro benzene ring substituents is 1. The van der Waals surface area contributed by atoms with Crippen LogP contribution in [0.5, 0.6) is 5.75 Å². The number of primary sulfonamides is 1. The second-order valence-electron chi connectivity index (χ2n) is 5.05. The summed E-state index contributed by atoms with van der Waals surface area (Å²) in [4.78, 5) is 10.2. The Hall–Kier alpha value is -1.19. The Morgan fingerprint density at radius 2 is 2.00 bits per heavy atom. The number of sulfonamides is 1. The quantitative estimate of drug-likeness (QED) is 0.575. The lowest BCUT2D eigenvalue weighted by atomic mass is 9.99. The van der Waals surface area contributed by atoms with Gasteiger partial charge in [0, 0.05) is 16.5 Å². The third-order valence-electron chi connectivity index (χ3n) is 2.92. The highest BCUT2D eigenvalue weighted by Crippen LogP contribution is 2.27. The maximum absolute atomic E-state index is 11.2. The summed E-state index contributed by atoms with van der Waals surface area (Å²) in [5, 5.41) is 15.8. The topological polar surface area (TPSA) is 113 Å². The summed E-state index contributed by atoms with van der Waals surface area (Å²) in [7, 11) is -3.60. The molecule has 0 bridgehead atoms. The molecule has 1 unspecified atom stereocenters. The van der Waals surface area contributed by atoms with Crippen molar-refractivity contribution in [3.05, 3.63) is 32.8 Å². The lowest BCUT2D eigenvalue weighted by Gasteiger charge is -2.20.